The van der Waals surface area contributed by atoms with E-state index in [9.17, 15) is 17.6 Å². The van der Waals surface area contributed by atoms with Crippen LogP contribution in [0.25, 0.3) is 0 Å². The Balaban J connectivity index is 2.39. The van der Waals surface area contributed by atoms with E-state index in [-0.39, 0.29) is 6.54 Å². The van der Waals surface area contributed by atoms with E-state index >= 15 is 0 Å². The van der Waals surface area contributed by atoms with Gasteiger partial charge >= 0.3 is 6.18 Å². The van der Waals surface area contributed by atoms with Crippen molar-refractivity contribution in [1.82, 2.24) is 4.90 Å². The number of likely N-dealkylation sites (tertiary alicyclic amines) is 1. The molecule has 0 aromatic heterocycles. The standard InChI is InChI=1S/C8H13F4N/c9-7-3-1-2-4-13(5-7)6-8(10,11)12/h7H,1-6H2. The van der Waals surface area contributed by atoms with Gasteiger partial charge in [0.25, 0.3) is 0 Å². The first-order chi connectivity index (χ1) is 5.97. The van der Waals surface area contributed by atoms with Crippen LogP contribution in [0.1, 0.15) is 19.3 Å². The fourth-order valence-electron chi connectivity index (χ4n) is 1.56. The summed E-state index contributed by atoms with van der Waals surface area (Å²) in [7, 11) is 0. The predicted octanol–water partition coefficient (Wildman–Crippen LogP) is 2.37. The summed E-state index contributed by atoms with van der Waals surface area (Å²) in [4.78, 5) is 1.15. The maximum atomic E-state index is 12.9. The molecule has 1 fully saturated rings. The third kappa shape index (κ3) is 4.45. The first kappa shape index (κ1) is 10.8. The Morgan fingerprint density at radius 3 is 2.54 bits per heavy atom. The van der Waals surface area contributed by atoms with Crippen molar-refractivity contribution >= 4 is 0 Å². The van der Waals surface area contributed by atoms with Crippen LogP contribution in [0.4, 0.5) is 17.6 Å². The van der Waals surface area contributed by atoms with E-state index in [1.54, 1.807) is 0 Å². The van der Waals surface area contributed by atoms with Crippen molar-refractivity contribution in [2.75, 3.05) is 19.6 Å². The molecule has 1 aliphatic rings. The van der Waals surface area contributed by atoms with Gasteiger partial charge in [-0.05, 0) is 25.8 Å². The van der Waals surface area contributed by atoms with Crippen LogP contribution < -0.4 is 0 Å². The molecule has 1 saturated heterocycles. The Labute approximate surface area is 74.7 Å². The normalized spacial score (nSPS) is 27.2. The first-order valence-corrected chi connectivity index (χ1v) is 4.40. The molecule has 1 heterocycles. The molecule has 0 amide bonds. The maximum Gasteiger partial charge on any atom is 0.401 e. The highest BCUT2D eigenvalue weighted by molar-refractivity contribution is 4.72. The Hall–Kier alpha value is -0.320. The first-order valence-electron chi connectivity index (χ1n) is 4.40. The van der Waals surface area contributed by atoms with Crippen LogP contribution >= 0.6 is 0 Å². The summed E-state index contributed by atoms with van der Waals surface area (Å²) >= 11 is 0. The zero-order valence-electron chi connectivity index (χ0n) is 7.28. The minimum absolute atomic E-state index is 0.0699. The number of halogens is 4. The van der Waals surface area contributed by atoms with Crippen molar-refractivity contribution < 1.29 is 17.6 Å². The van der Waals surface area contributed by atoms with Crippen LogP contribution in [-0.4, -0.2) is 36.9 Å². The molecule has 1 atom stereocenters. The van der Waals surface area contributed by atoms with Crippen molar-refractivity contribution in [3.63, 3.8) is 0 Å². The monoisotopic (exact) mass is 199 g/mol. The van der Waals surface area contributed by atoms with Gasteiger partial charge in [-0.1, -0.05) is 0 Å². The van der Waals surface area contributed by atoms with E-state index in [0.29, 0.717) is 25.8 Å². The molecule has 0 radical (unpaired) electrons. The molecule has 13 heavy (non-hydrogen) atoms. The highest BCUT2D eigenvalue weighted by Gasteiger charge is 2.32. The van der Waals surface area contributed by atoms with Crippen LogP contribution in [0.3, 0.4) is 0 Å². The number of rotatable bonds is 1. The van der Waals surface area contributed by atoms with E-state index in [2.05, 4.69) is 0 Å². The van der Waals surface area contributed by atoms with Crippen molar-refractivity contribution in [3.8, 4) is 0 Å². The fraction of sp³-hybridized carbons (Fsp3) is 1.00. The van der Waals surface area contributed by atoms with Crippen molar-refractivity contribution in [2.45, 2.75) is 31.6 Å². The van der Waals surface area contributed by atoms with Gasteiger partial charge in [0, 0.05) is 6.54 Å². The zero-order chi connectivity index (χ0) is 9.90. The van der Waals surface area contributed by atoms with E-state index in [1.165, 1.54) is 0 Å². The van der Waals surface area contributed by atoms with Gasteiger partial charge in [-0.25, -0.2) is 4.39 Å². The smallest absolute Gasteiger partial charge is 0.292 e. The summed E-state index contributed by atoms with van der Waals surface area (Å²) in [6.07, 6.45) is -3.55. The second kappa shape index (κ2) is 4.26. The number of hydrogen-bond donors (Lipinski definition) is 0. The third-order valence-corrected chi connectivity index (χ3v) is 2.10. The largest absolute Gasteiger partial charge is 0.401 e. The average molecular weight is 199 g/mol. The third-order valence-electron chi connectivity index (χ3n) is 2.10. The minimum atomic E-state index is -4.20. The number of hydrogen-bond acceptors (Lipinski definition) is 1. The van der Waals surface area contributed by atoms with Gasteiger partial charge in [-0.3, -0.25) is 4.90 Å². The summed E-state index contributed by atoms with van der Waals surface area (Å²) in [6, 6.07) is 0. The Morgan fingerprint density at radius 2 is 1.92 bits per heavy atom. The lowest BCUT2D eigenvalue weighted by atomic mass is 10.2. The summed E-state index contributed by atoms with van der Waals surface area (Å²) in [6.45, 7) is -0.688. The maximum absolute atomic E-state index is 12.9. The number of nitrogens with zero attached hydrogens (tertiary/aromatic N) is 1. The zero-order valence-corrected chi connectivity index (χ0v) is 7.28. The molecule has 0 aromatic rings. The SMILES string of the molecule is FC1CCCCN(CC(F)(F)F)C1. The van der Waals surface area contributed by atoms with E-state index < -0.39 is 18.9 Å². The molecule has 0 spiro atoms. The molecule has 1 rings (SSSR count). The van der Waals surface area contributed by atoms with Gasteiger partial charge in [0.2, 0.25) is 0 Å². The lowest BCUT2D eigenvalue weighted by molar-refractivity contribution is -0.146. The molecular formula is C8H13F4N. The summed E-state index contributed by atoms with van der Waals surface area (Å²) < 4.78 is 48.7. The van der Waals surface area contributed by atoms with Gasteiger partial charge < -0.3 is 0 Å². The lowest BCUT2D eigenvalue weighted by Crippen LogP contribution is -2.37. The van der Waals surface area contributed by atoms with Crippen molar-refractivity contribution in [1.29, 1.82) is 0 Å². The molecule has 0 saturated carbocycles. The summed E-state index contributed by atoms with van der Waals surface area (Å²) in [5.74, 6) is 0. The Bertz CT molecular complexity index is 157. The molecule has 78 valence electrons. The second-order valence-corrected chi connectivity index (χ2v) is 3.44. The fourth-order valence-corrected chi connectivity index (χ4v) is 1.56. The van der Waals surface area contributed by atoms with Crippen LogP contribution in [0, 0.1) is 0 Å². The molecule has 0 aromatic carbocycles. The summed E-state index contributed by atoms with van der Waals surface area (Å²) in [5.41, 5.74) is 0. The molecule has 1 aliphatic heterocycles. The van der Waals surface area contributed by atoms with Crippen molar-refractivity contribution in [3.05, 3.63) is 0 Å². The molecule has 0 aliphatic carbocycles. The van der Waals surface area contributed by atoms with Crippen LogP contribution in [0.5, 0.6) is 0 Å². The van der Waals surface area contributed by atoms with E-state index in [1.807, 2.05) is 0 Å². The molecule has 5 heteroatoms. The van der Waals surface area contributed by atoms with Gasteiger partial charge in [0.1, 0.15) is 6.17 Å². The van der Waals surface area contributed by atoms with Gasteiger partial charge in [0.05, 0.1) is 6.54 Å². The van der Waals surface area contributed by atoms with Crippen LogP contribution in [-0.2, 0) is 0 Å². The highest BCUT2D eigenvalue weighted by atomic mass is 19.4. The Morgan fingerprint density at radius 1 is 1.23 bits per heavy atom. The van der Waals surface area contributed by atoms with Crippen LogP contribution in [0.15, 0.2) is 0 Å². The molecule has 1 nitrogen and oxygen atoms in total. The summed E-state index contributed by atoms with van der Waals surface area (Å²) in [5, 5.41) is 0. The molecule has 0 N–H and O–H groups in total. The van der Waals surface area contributed by atoms with Crippen molar-refractivity contribution in [2.24, 2.45) is 0 Å². The predicted molar refractivity (Wildman–Crippen MR) is 41.2 cm³/mol. The lowest BCUT2D eigenvalue weighted by Gasteiger charge is -2.22. The molecule has 1 unspecified atom stereocenters. The van der Waals surface area contributed by atoms with Gasteiger partial charge in [-0.15, -0.1) is 0 Å². The topological polar surface area (TPSA) is 3.24 Å². The highest BCUT2D eigenvalue weighted by Crippen LogP contribution is 2.20. The van der Waals surface area contributed by atoms with Gasteiger partial charge in [0.15, 0.2) is 0 Å². The van der Waals surface area contributed by atoms with E-state index in [0.717, 1.165) is 4.90 Å². The van der Waals surface area contributed by atoms with E-state index in [4.69, 9.17) is 0 Å². The second-order valence-electron chi connectivity index (χ2n) is 3.44. The quantitative estimate of drug-likeness (QED) is 0.586. The molecule has 0 bridgehead atoms. The number of alkyl halides is 4. The van der Waals surface area contributed by atoms with Gasteiger partial charge in [-0.2, -0.15) is 13.2 Å². The van der Waals surface area contributed by atoms with Crippen LogP contribution in [0.2, 0.25) is 0 Å². The average Bonchev–Trinajstić information content (AvgIpc) is 2.10. The molecular weight excluding hydrogens is 186 g/mol. The Kier molecular flexibility index (Phi) is 3.53. The minimum Gasteiger partial charge on any atom is -0.292 e.